The lowest BCUT2D eigenvalue weighted by Crippen LogP contribution is -2.55. The van der Waals surface area contributed by atoms with E-state index in [-0.39, 0.29) is 48.4 Å². The van der Waals surface area contributed by atoms with Crippen LogP contribution in [0.5, 0.6) is 0 Å². The lowest BCUT2D eigenvalue weighted by Gasteiger charge is -2.35. The largest absolute Gasteiger partial charge is 0.444 e. The van der Waals surface area contributed by atoms with Gasteiger partial charge in [0.2, 0.25) is 5.91 Å². The second-order valence-corrected chi connectivity index (χ2v) is 9.03. The molecule has 0 spiro atoms. The number of guanidine groups is 1. The molecule has 2 amide bonds. The van der Waals surface area contributed by atoms with Crippen LogP contribution < -0.4 is 15.5 Å². The average molecular weight is 563 g/mol. The topological polar surface area (TPSA) is 104 Å². The molecule has 182 valence electrons. The number of nitrogens with one attached hydrogen (secondary N) is 2. The number of nitrogens with zero attached hydrogens (tertiary/aromatic N) is 5. The van der Waals surface area contributed by atoms with E-state index in [1.165, 1.54) is 0 Å². The number of hydrogen-bond acceptors (Lipinski definition) is 5. The number of aryl methyl sites for hydroxylation is 1. The summed E-state index contributed by atoms with van der Waals surface area (Å²) in [6.07, 6.45) is 3.08. The summed E-state index contributed by atoms with van der Waals surface area (Å²) in [5.41, 5.74) is 0.244. The highest BCUT2D eigenvalue weighted by molar-refractivity contribution is 14.0. The Bertz CT molecular complexity index is 789. The van der Waals surface area contributed by atoms with E-state index in [0.717, 1.165) is 5.69 Å². The van der Waals surface area contributed by atoms with Crippen LogP contribution in [0.3, 0.4) is 0 Å². The quantitative estimate of drug-likeness (QED) is 0.313. The van der Waals surface area contributed by atoms with Gasteiger partial charge in [0, 0.05) is 32.9 Å². The summed E-state index contributed by atoms with van der Waals surface area (Å²) in [4.78, 5) is 33.3. The first-order valence-electron chi connectivity index (χ1n) is 10.8. The maximum atomic E-state index is 12.7. The third-order valence-electron chi connectivity index (χ3n) is 4.80. The molecule has 0 saturated carbocycles. The fraction of sp³-hybridized carbons (Fsp3) is 0.714. The number of halogens is 1. The van der Waals surface area contributed by atoms with Crippen LogP contribution in [-0.2, 0) is 16.6 Å². The minimum Gasteiger partial charge on any atom is -0.444 e. The number of amides is 2. The molecule has 2 rings (SSSR count). The molecule has 2 N–H and O–H groups in total. The number of aliphatic imine (C=N–C) groups is 1. The Kier molecular flexibility index (Phi) is 10.7. The van der Waals surface area contributed by atoms with Crippen molar-refractivity contribution in [2.75, 3.05) is 37.6 Å². The molecule has 1 atom stereocenters. The fourth-order valence-corrected chi connectivity index (χ4v) is 3.17. The number of rotatable bonds is 6. The van der Waals surface area contributed by atoms with Gasteiger partial charge in [-0.25, -0.2) is 4.79 Å². The van der Waals surface area contributed by atoms with E-state index in [9.17, 15) is 9.59 Å². The van der Waals surface area contributed by atoms with E-state index in [1.54, 1.807) is 15.8 Å². The first-order chi connectivity index (χ1) is 14.5. The van der Waals surface area contributed by atoms with Gasteiger partial charge in [0.1, 0.15) is 12.1 Å². The predicted molar refractivity (Wildman–Crippen MR) is 137 cm³/mol. The van der Waals surface area contributed by atoms with Crippen LogP contribution in [0.1, 0.15) is 41.5 Å². The van der Waals surface area contributed by atoms with Gasteiger partial charge in [0.25, 0.3) is 0 Å². The highest BCUT2D eigenvalue weighted by Crippen LogP contribution is 2.16. The molecule has 0 aliphatic carbocycles. The standard InChI is InChI=1S/C21H37N7O3.HI/c1-8-22-19(23-12-17(15(2)3)25-20(30)31-21(4,5)6)27-9-10-28(18(29)14-27)16-11-24-26(7)13-16;/h11,13,15,17H,8-10,12,14H2,1-7H3,(H,22,23)(H,25,30);1H. The highest BCUT2D eigenvalue weighted by Gasteiger charge is 2.28. The number of piperazine rings is 1. The van der Waals surface area contributed by atoms with Crippen molar-refractivity contribution in [1.29, 1.82) is 0 Å². The van der Waals surface area contributed by atoms with Crippen LogP contribution in [0.25, 0.3) is 0 Å². The van der Waals surface area contributed by atoms with Crippen LogP contribution in [0.2, 0.25) is 0 Å². The molecule has 0 bridgehead atoms. The molecule has 1 saturated heterocycles. The molecule has 1 aromatic rings. The van der Waals surface area contributed by atoms with E-state index < -0.39 is 11.7 Å². The Morgan fingerprint density at radius 2 is 2.00 bits per heavy atom. The Labute approximate surface area is 208 Å². The van der Waals surface area contributed by atoms with Gasteiger partial charge in [-0.1, -0.05) is 13.8 Å². The van der Waals surface area contributed by atoms with Gasteiger partial charge in [0.15, 0.2) is 5.96 Å². The molecule has 0 aromatic carbocycles. The number of alkyl carbamates (subject to hydrolysis) is 1. The minimum atomic E-state index is -0.557. The molecular formula is C21H38IN7O3. The maximum absolute atomic E-state index is 12.7. The van der Waals surface area contributed by atoms with Crippen LogP contribution in [-0.4, -0.2) is 77.0 Å². The van der Waals surface area contributed by atoms with Crippen molar-refractivity contribution in [2.24, 2.45) is 18.0 Å². The van der Waals surface area contributed by atoms with E-state index in [1.807, 2.05) is 59.7 Å². The van der Waals surface area contributed by atoms with Crippen LogP contribution in [0.15, 0.2) is 17.4 Å². The van der Waals surface area contributed by atoms with E-state index >= 15 is 0 Å². The van der Waals surface area contributed by atoms with Crippen molar-refractivity contribution >= 4 is 47.6 Å². The molecule has 10 nitrogen and oxygen atoms in total. The molecule has 1 aliphatic rings. The molecule has 11 heteroatoms. The summed E-state index contributed by atoms with van der Waals surface area (Å²) in [7, 11) is 1.83. The van der Waals surface area contributed by atoms with Crippen molar-refractivity contribution in [3.8, 4) is 0 Å². The monoisotopic (exact) mass is 563 g/mol. The molecule has 1 fully saturated rings. The molecule has 1 aromatic heterocycles. The van der Waals surface area contributed by atoms with Gasteiger partial charge in [-0.2, -0.15) is 5.10 Å². The van der Waals surface area contributed by atoms with Gasteiger partial charge in [-0.3, -0.25) is 14.5 Å². The molecule has 2 heterocycles. The highest BCUT2D eigenvalue weighted by atomic mass is 127. The Balaban J connectivity index is 0.00000512. The minimum absolute atomic E-state index is 0. The van der Waals surface area contributed by atoms with Crippen LogP contribution in [0.4, 0.5) is 10.5 Å². The number of hydrogen-bond donors (Lipinski definition) is 2. The van der Waals surface area contributed by atoms with Gasteiger partial charge in [-0.05, 0) is 33.6 Å². The maximum Gasteiger partial charge on any atom is 0.407 e. The fourth-order valence-electron chi connectivity index (χ4n) is 3.17. The first-order valence-corrected chi connectivity index (χ1v) is 10.8. The van der Waals surface area contributed by atoms with Crippen molar-refractivity contribution in [3.05, 3.63) is 12.4 Å². The van der Waals surface area contributed by atoms with Crippen molar-refractivity contribution in [3.63, 3.8) is 0 Å². The predicted octanol–water partition coefficient (Wildman–Crippen LogP) is 2.20. The van der Waals surface area contributed by atoms with Gasteiger partial charge in [0.05, 0.1) is 24.5 Å². The zero-order chi connectivity index (χ0) is 23.2. The van der Waals surface area contributed by atoms with Crippen molar-refractivity contribution in [2.45, 2.75) is 53.2 Å². The lowest BCUT2D eigenvalue weighted by molar-refractivity contribution is -0.120. The number of carbonyl (C=O) groups is 2. The van der Waals surface area contributed by atoms with E-state index in [2.05, 4.69) is 15.7 Å². The summed E-state index contributed by atoms with van der Waals surface area (Å²) < 4.78 is 7.06. The normalized spacial score (nSPS) is 16.0. The van der Waals surface area contributed by atoms with Crippen LogP contribution >= 0.6 is 24.0 Å². The van der Waals surface area contributed by atoms with E-state index in [4.69, 9.17) is 9.73 Å². The zero-order valence-corrected chi connectivity index (χ0v) is 22.5. The second kappa shape index (κ2) is 12.3. The molecule has 1 unspecified atom stereocenters. The second-order valence-electron chi connectivity index (χ2n) is 9.03. The Hall–Kier alpha value is -2.05. The molecule has 1 aliphatic heterocycles. The lowest BCUT2D eigenvalue weighted by atomic mass is 10.1. The summed E-state index contributed by atoms with van der Waals surface area (Å²) in [6.45, 7) is 14.0. The molecule has 0 radical (unpaired) electrons. The van der Waals surface area contributed by atoms with Crippen molar-refractivity contribution in [1.82, 2.24) is 25.3 Å². The zero-order valence-electron chi connectivity index (χ0n) is 20.2. The van der Waals surface area contributed by atoms with Gasteiger partial charge >= 0.3 is 6.09 Å². The number of anilines is 1. The SMILES string of the molecule is CCNC(=NCC(NC(=O)OC(C)(C)C)C(C)C)N1CCN(c2cnn(C)c2)C(=O)C1.I. The summed E-state index contributed by atoms with van der Waals surface area (Å²) in [5, 5.41) is 10.3. The number of aromatic nitrogens is 2. The summed E-state index contributed by atoms with van der Waals surface area (Å²) in [5.74, 6) is 0.832. The van der Waals surface area contributed by atoms with Gasteiger partial charge < -0.3 is 25.2 Å². The van der Waals surface area contributed by atoms with E-state index in [0.29, 0.717) is 32.1 Å². The Morgan fingerprint density at radius 3 is 2.50 bits per heavy atom. The first kappa shape index (κ1) is 28.0. The number of ether oxygens (including phenoxy) is 1. The third kappa shape index (κ3) is 8.47. The Morgan fingerprint density at radius 1 is 1.31 bits per heavy atom. The average Bonchev–Trinajstić information content (AvgIpc) is 3.08. The van der Waals surface area contributed by atoms with Crippen molar-refractivity contribution < 1.29 is 14.3 Å². The number of carbonyl (C=O) groups excluding carboxylic acids is 2. The third-order valence-corrected chi connectivity index (χ3v) is 4.80. The molecule has 32 heavy (non-hydrogen) atoms. The van der Waals surface area contributed by atoms with Crippen LogP contribution in [0, 0.1) is 5.92 Å². The summed E-state index contributed by atoms with van der Waals surface area (Å²) in [6, 6.07) is -0.184. The van der Waals surface area contributed by atoms with Gasteiger partial charge in [-0.15, -0.1) is 24.0 Å². The summed E-state index contributed by atoms with van der Waals surface area (Å²) >= 11 is 0. The smallest absolute Gasteiger partial charge is 0.407 e. The molecular weight excluding hydrogens is 525 g/mol.